The highest BCUT2D eigenvalue weighted by Crippen LogP contribution is 2.29. The van der Waals surface area contributed by atoms with Crippen molar-refractivity contribution >= 4 is 28.7 Å². The van der Waals surface area contributed by atoms with Crippen LogP contribution in [0.3, 0.4) is 0 Å². The molecule has 3 rings (SSSR count). The summed E-state index contributed by atoms with van der Waals surface area (Å²) in [7, 11) is 0. The van der Waals surface area contributed by atoms with Crippen molar-refractivity contribution in [1.29, 1.82) is 0 Å². The summed E-state index contributed by atoms with van der Waals surface area (Å²) < 4.78 is 24.2. The maximum Gasteiger partial charge on any atom is 0.311 e. The van der Waals surface area contributed by atoms with E-state index in [0.29, 0.717) is 35.4 Å². The number of hydrogen-bond donors (Lipinski definition) is 1. The molecule has 0 saturated carbocycles. The van der Waals surface area contributed by atoms with Crippen molar-refractivity contribution < 1.29 is 18.7 Å². The number of benzene rings is 1. The Labute approximate surface area is 148 Å². The smallest absolute Gasteiger partial charge is 0.311 e. The summed E-state index contributed by atoms with van der Waals surface area (Å²) in [4.78, 5) is 15.7. The number of esters is 1. The van der Waals surface area contributed by atoms with Crippen molar-refractivity contribution in [3.05, 3.63) is 40.2 Å². The summed E-state index contributed by atoms with van der Waals surface area (Å²) in [6.45, 7) is 2.73. The van der Waals surface area contributed by atoms with Crippen LogP contribution in [0.5, 0.6) is 5.75 Å². The molecule has 132 valence electrons. The van der Waals surface area contributed by atoms with E-state index in [1.807, 2.05) is 0 Å². The summed E-state index contributed by atoms with van der Waals surface area (Å²) in [5.74, 6) is 0.0587. The van der Waals surface area contributed by atoms with E-state index in [-0.39, 0.29) is 18.2 Å². The van der Waals surface area contributed by atoms with Crippen LogP contribution < -0.4 is 10.2 Å². The molecule has 0 fully saturated rings. The molecule has 25 heavy (non-hydrogen) atoms. The predicted octanol–water partition coefficient (Wildman–Crippen LogP) is 3.16. The lowest BCUT2D eigenvalue weighted by atomic mass is 10.0. The fourth-order valence-electron chi connectivity index (χ4n) is 2.52. The zero-order valence-corrected chi connectivity index (χ0v) is 14.6. The number of aromatic nitrogens is 1. The van der Waals surface area contributed by atoms with E-state index in [0.717, 1.165) is 18.4 Å². The molecule has 0 unspecified atom stereocenters. The number of anilines is 1. The van der Waals surface area contributed by atoms with Crippen LogP contribution in [0.2, 0.25) is 0 Å². The molecule has 2 heterocycles. The third-order valence-electron chi connectivity index (χ3n) is 3.54. The predicted molar refractivity (Wildman–Crippen MR) is 93.9 cm³/mol. The Morgan fingerprint density at radius 3 is 3.28 bits per heavy atom. The van der Waals surface area contributed by atoms with Gasteiger partial charge in [0.2, 0.25) is 5.13 Å². The van der Waals surface area contributed by atoms with Crippen LogP contribution in [0.25, 0.3) is 0 Å². The van der Waals surface area contributed by atoms with Gasteiger partial charge in [-0.25, -0.2) is 9.37 Å². The zero-order chi connectivity index (χ0) is 17.6. The summed E-state index contributed by atoms with van der Waals surface area (Å²) in [5, 5.41) is 6.41. The lowest BCUT2D eigenvalue weighted by Crippen LogP contribution is -2.11. The van der Waals surface area contributed by atoms with Gasteiger partial charge in [0.05, 0.1) is 31.5 Å². The average Bonchev–Trinajstić information content (AvgIpc) is 3.02. The fraction of sp³-hybridized carbons (Fsp3) is 0.353. The van der Waals surface area contributed by atoms with Gasteiger partial charge in [-0.2, -0.15) is 5.10 Å². The molecule has 0 amide bonds. The van der Waals surface area contributed by atoms with Crippen molar-refractivity contribution in [3.63, 3.8) is 0 Å². The molecule has 1 aliphatic heterocycles. The minimum Gasteiger partial charge on any atom is -0.493 e. The number of rotatable bonds is 6. The molecule has 2 aromatic rings. The van der Waals surface area contributed by atoms with Gasteiger partial charge in [-0.3, -0.25) is 10.2 Å². The molecule has 0 atom stereocenters. The number of aryl methyl sites for hydroxylation is 1. The quantitative estimate of drug-likeness (QED) is 0.485. The van der Waals surface area contributed by atoms with Crippen LogP contribution >= 0.6 is 11.3 Å². The third kappa shape index (κ3) is 4.54. The molecule has 0 spiro atoms. The Hall–Kier alpha value is -2.48. The van der Waals surface area contributed by atoms with Crippen molar-refractivity contribution in [2.24, 2.45) is 5.10 Å². The highest BCUT2D eigenvalue weighted by Gasteiger charge is 2.15. The first kappa shape index (κ1) is 17.3. The normalized spacial score (nSPS) is 13.4. The van der Waals surface area contributed by atoms with E-state index in [4.69, 9.17) is 9.47 Å². The molecular weight excluding hydrogens is 345 g/mol. The number of carbonyl (C=O) groups is 1. The minimum absolute atomic E-state index is 0.126. The summed E-state index contributed by atoms with van der Waals surface area (Å²) in [5.41, 5.74) is 4.86. The lowest BCUT2D eigenvalue weighted by Gasteiger charge is -2.19. The monoisotopic (exact) mass is 363 g/mol. The number of fused-ring (bicyclic) bond motifs is 1. The van der Waals surface area contributed by atoms with Gasteiger partial charge in [0, 0.05) is 10.9 Å². The molecule has 1 aliphatic rings. The van der Waals surface area contributed by atoms with Crippen LogP contribution in [0.1, 0.15) is 30.2 Å². The van der Waals surface area contributed by atoms with E-state index in [1.165, 1.54) is 29.7 Å². The highest BCUT2D eigenvalue weighted by atomic mass is 32.1. The molecule has 0 aliphatic carbocycles. The first-order chi connectivity index (χ1) is 12.2. The maximum atomic E-state index is 13.7. The molecule has 0 saturated heterocycles. The van der Waals surface area contributed by atoms with Gasteiger partial charge < -0.3 is 9.47 Å². The molecule has 8 heteroatoms. The Morgan fingerprint density at radius 1 is 1.56 bits per heavy atom. The molecule has 0 bridgehead atoms. The number of halogens is 1. The Balaban J connectivity index is 1.65. The van der Waals surface area contributed by atoms with Gasteiger partial charge in [0.1, 0.15) is 11.6 Å². The first-order valence-corrected chi connectivity index (χ1v) is 8.88. The fourth-order valence-corrected chi connectivity index (χ4v) is 3.18. The summed E-state index contributed by atoms with van der Waals surface area (Å²) in [6, 6.07) is 2.89. The van der Waals surface area contributed by atoms with E-state index < -0.39 is 0 Å². The highest BCUT2D eigenvalue weighted by molar-refractivity contribution is 7.13. The van der Waals surface area contributed by atoms with Crippen LogP contribution in [-0.4, -0.2) is 30.4 Å². The van der Waals surface area contributed by atoms with Crippen LogP contribution in [0.15, 0.2) is 22.6 Å². The Kier molecular flexibility index (Phi) is 5.60. The maximum absolute atomic E-state index is 13.7. The molecule has 0 radical (unpaired) electrons. The van der Waals surface area contributed by atoms with Crippen molar-refractivity contribution in [2.75, 3.05) is 18.6 Å². The standard InChI is InChI=1S/C17H18FN3O3S/c1-2-23-15(22)8-14-10-25-17(20-14)21-19-9-12-7-13(18)6-11-4-3-5-24-16(11)12/h6-7,9-10H,2-5,8H2,1H3,(H,20,21). The largest absolute Gasteiger partial charge is 0.493 e. The van der Waals surface area contributed by atoms with Gasteiger partial charge >= 0.3 is 5.97 Å². The van der Waals surface area contributed by atoms with Gasteiger partial charge in [-0.05, 0) is 37.5 Å². The first-order valence-electron chi connectivity index (χ1n) is 8.00. The topological polar surface area (TPSA) is 72.8 Å². The van der Waals surface area contributed by atoms with E-state index in [1.54, 1.807) is 12.3 Å². The number of nitrogens with one attached hydrogen (secondary N) is 1. The SMILES string of the molecule is CCOC(=O)Cc1csc(NN=Cc2cc(F)cc3c2OCCC3)n1. The second-order valence-electron chi connectivity index (χ2n) is 5.43. The van der Waals surface area contributed by atoms with Gasteiger partial charge in [0.15, 0.2) is 0 Å². The Bertz CT molecular complexity index is 791. The molecule has 1 aromatic heterocycles. The molecule has 6 nitrogen and oxygen atoms in total. The van der Waals surface area contributed by atoms with Gasteiger partial charge in [-0.1, -0.05) is 0 Å². The van der Waals surface area contributed by atoms with Crippen molar-refractivity contribution in [1.82, 2.24) is 4.98 Å². The summed E-state index contributed by atoms with van der Waals surface area (Å²) >= 11 is 1.33. The van der Waals surface area contributed by atoms with Crippen LogP contribution in [-0.2, 0) is 22.4 Å². The van der Waals surface area contributed by atoms with Crippen molar-refractivity contribution in [3.8, 4) is 5.75 Å². The zero-order valence-electron chi connectivity index (χ0n) is 13.8. The number of carbonyl (C=O) groups excluding carboxylic acids is 1. The number of ether oxygens (including phenoxy) is 2. The lowest BCUT2D eigenvalue weighted by molar-refractivity contribution is -0.142. The Morgan fingerprint density at radius 2 is 2.44 bits per heavy atom. The van der Waals surface area contributed by atoms with Crippen molar-refractivity contribution in [2.45, 2.75) is 26.2 Å². The molecule has 1 N–H and O–H groups in total. The van der Waals surface area contributed by atoms with E-state index in [9.17, 15) is 9.18 Å². The van der Waals surface area contributed by atoms with E-state index in [2.05, 4.69) is 15.5 Å². The van der Waals surface area contributed by atoms with E-state index >= 15 is 0 Å². The van der Waals surface area contributed by atoms with Gasteiger partial charge in [0.25, 0.3) is 0 Å². The number of thiazole rings is 1. The molecular formula is C17H18FN3O3S. The number of nitrogens with zero attached hydrogens (tertiary/aromatic N) is 2. The minimum atomic E-state index is -0.314. The van der Waals surface area contributed by atoms with Crippen LogP contribution in [0, 0.1) is 5.82 Å². The second-order valence-corrected chi connectivity index (χ2v) is 6.29. The molecule has 1 aromatic carbocycles. The number of hydrazone groups is 1. The van der Waals surface area contributed by atoms with Crippen LogP contribution in [0.4, 0.5) is 9.52 Å². The van der Waals surface area contributed by atoms with Gasteiger partial charge in [-0.15, -0.1) is 11.3 Å². The second kappa shape index (κ2) is 8.06. The number of hydrogen-bond acceptors (Lipinski definition) is 7. The summed E-state index contributed by atoms with van der Waals surface area (Å²) in [6.07, 6.45) is 3.32. The average molecular weight is 363 g/mol. The third-order valence-corrected chi connectivity index (χ3v) is 4.34.